The van der Waals surface area contributed by atoms with Gasteiger partial charge in [-0.05, 0) is 51.2 Å². The number of nitrogens with one attached hydrogen (secondary N) is 2. The fourth-order valence-corrected chi connectivity index (χ4v) is 6.24. The Labute approximate surface area is 239 Å². The van der Waals surface area contributed by atoms with E-state index in [9.17, 15) is 9.36 Å². The molecular formula is C28H38N7O5P. The Morgan fingerprint density at radius 3 is 2.63 bits per heavy atom. The molecular weight excluding hydrogens is 545 g/mol. The van der Waals surface area contributed by atoms with E-state index in [1.54, 1.807) is 37.5 Å². The maximum Gasteiger partial charge on any atom is 0.459 e. The van der Waals surface area contributed by atoms with Gasteiger partial charge in [-0.2, -0.15) is 15.1 Å². The quantitative estimate of drug-likeness (QED) is 0.133. The molecule has 1 aromatic carbocycles. The second-order valence-electron chi connectivity index (χ2n) is 10.5. The van der Waals surface area contributed by atoms with E-state index in [4.69, 9.17) is 19.5 Å². The van der Waals surface area contributed by atoms with E-state index in [1.165, 1.54) is 0 Å². The van der Waals surface area contributed by atoms with Crippen LogP contribution in [0, 0.1) is 5.92 Å². The van der Waals surface area contributed by atoms with Crippen LogP contribution in [0.15, 0.2) is 48.8 Å². The van der Waals surface area contributed by atoms with Crippen LogP contribution < -0.4 is 20.7 Å². The first kappa shape index (κ1) is 29.0. The van der Waals surface area contributed by atoms with E-state index in [2.05, 4.69) is 25.4 Å². The van der Waals surface area contributed by atoms with Crippen LogP contribution in [-0.4, -0.2) is 50.3 Å². The summed E-state index contributed by atoms with van der Waals surface area (Å²) in [6.07, 6.45) is 9.86. The topological polar surface area (TPSA) is 156 Å². The average molecular weight is 584 g/mol. The highest BCUT2D eigenvalue weighted by Gasteiger charge is 2.35. The number of allylic oxidation sites excluding steroid dienone is 1. The molecule has 220 valence electrons. The molecule has 0 amide bonds. The van der Waals surface area contributed by atoms with Crippen molar-refractivity contribution in [3.8, 4) is 5.75 Å². The fourth-order valence-electron chi connectivity index (χ4n) is 4.70. The summed E-state index contributed by atoms with van der Waals surface area (Å²) in [6.45, 7) is 5.60. The molecule has 5 rings (SSSR count). The van der Waals surface area contributed by atoms with Crippen molar-refractivity contribution in [3.63, 3.8) is 0 Å². The Balaban J connectivity index is 1.26. The van der Waals surface area contributed by atoms with Crippen molar-refractivity contribution in [2.45, 2.75) is 77.1 Å². The van der Waals surface area contributed by atoms with Gasteiger partial charge >= 0.3 is 13.7 Å². The minimum atomic E-state index is -3.95. The van der Waals surface area contributed by atoms with Gasteiger partial charge in [0.15, 0.2) is 17.0 Å². The molecule has 0 bridgehead atoms. The Bertz CT molecular complexity index is 1420. The van der Waals surface area contributed by atoms with Gasteiger partial charge in [0.25, 0.3) is 0 Å². The number of rotatable bonds is 14. The summed E-state index contributed by atoms with van der Waals surface area (Å²) in [6, 6.07) is 8.18. The fraction of sp³-hybridized carbons (Fsp3) is 0.500. The number of aromatic nitrogens is 4. The number of hydrogen-bond donors (Lipinski definition) is 3. The van der Waals surface area contributed by atoms with Gasteiger partial charge in [-0.25, -0.2) is 9.55 Å². The van der Waals surface area contributed by atoms with Crippen LogP contribution in [0.3, 0.4) is 0 Å². The van der Waals surface area contributed by atoms with Crippen LogP contribution in [0.5, 0.6) is 5.75 Å². The molecule has 1 saturated carbocycles. The van der Waals surface area contributed by atoms with Crippen LogP contribution in [0.25, 0.3) is 11.2 Å². The number of anilines is 2. The lowest BCUT2D eigenvalue weighted by atomic mass is 10.1. The SMILES string of the molecule is CCC(CC)OC(=O)[C@H](C)NP(=O)(OC[C@@H]1C=C[C@H](n2cnc3c(NC4CC4)nc(N)nc32)C1)Oc1ccccc1. The third-order valence-corrected chi connectivity index (χ3v) is 8.83. The molecule has 0 spiro atoms. The molecule has 3 aromatic rings. The second-order valence-corrected chi connectivity index (χ2v) is 12.2. The number of para-hydroxylation sites is 1. The van der Waals surface area contributed by atoms with Gasteiger partial charge in [-0.1, -0.05) is 44.2 Å². The smallest absolute Gasteiger partial charge is 0.459 e. The molecule has 0 saturated heterocycles. The Morgan fingerprint density at radius 2 is 1.93 bits per heavy atom. The molecule has 0 aliphatic heterocycles. The molecule has 2 heterocycles. The Kier molecular flexibility index (Phi) is 8.91. The normalized spacial score (nSPS) is 20.7. The van der Waals surface area contributed by atoms with Crippen LogP contribution in [-0.2, 0) is 18.6 Å². The predicted octanol–water partition coefficient (Wildman–Crippen LogP) is 5.01. The van der Waals surface area contributed by atoms with Gasteiger partial charge in [0.1, 0.15) is 17.9 Å². The second kappa shape index (κ2) is 12.6. The lowest BCUT2D eigenvalue weighted by Crippen LogP contribution is -2.37. The van der Waals surface area contributed by atoms with Gasteiger partial charge in [0, 0.05) is 12.0 Å². The van der Waals surface area contributed by atoms with Crippen molar-refractivity contribution in [1.29, 1.82) is 0 Å². The van der Waals surface area contributed by atoms with Gasteiger partial charge in [-0.15, -0.1) is 0 Å². The van der Waals surface area contributed by atoms with E-state index < -0.39 is 19.8 Å². The molecule has 1 fully saturated rings. The third-order valence-electron chi connectivity index (χ3n) is 7.19. The summed E-state index contributed by atoms with van der Waals surface area (Å²) in [5.41, 5.74) is 7.34. The number of nitrogens with two attached hydrogens (primary N) is 1. The highest BCUT2D eigenvalue weighted by Crippen LogP contribution is 2.46. The molecule has 2 aliphatic rings. The minimum absolute atomic E-state index is 0.0482. The maximum atomic E-state index is 13.9. The maximum absolute atomic E-state index is 13.9. The largest absolute Gasteiger partial charge is 0.461 e. The summed E-state index contributed by atoms with van der Waals surface area (Å²) in [5.74, 6) is 0.621. The highest BCUT2D eigenvalue weighted by atomic mass is 31.2. The first-order valence-electron chi connectivity index (χ1n) is 14.2. The molecule has 12 nitrogen and oxygen atoms in total. The monoisotopic (exact) mass is 583 g/mol. The highest BCUT2D eigenvalue weighted by molar-refractivity contribution is 7.52. The minimum Gasteiger partial charge on any atom is -0.461 e. The Morgan fingerprint density at radius 1 is 1.17 bits per heavy atom. The lowest BCUT2D eigenvalue weighted by molar-refractivity contribution is -0.151. The summed E-state index contributed by atoms with van der Waals surface area (Å²) < 4.78 is 33.1. The summed E-state index contributed by atoms with van der Waals surface area (Å²) >= 11 is 0. The lowest BCUT2D eigenvalue weighted by Gasteiger charge is -2.25. The number of nitrogens with zero attached hydrogens (tertiary/aromatic N) is 4. The summed E-state index contributed by atoms with van der Waals surface area (Å²) in [4.78, 5) is 26.1. The van der Waals surface area contributed by atoms with Crippen LogP contribution in [0.2, 0.25) is 0 Å². The van der Waals surface area contributed by atoms with E-state index >= 15 is 0 Å². The number of carbonyl (C=O) groups excluding carboxylic acids is 1. The standard InChI is InChI=1S/C28H38N7O5P/c1-4-22(5-2)39-27(36)18(3)34-41(37,40-23-9-7-6-8-10-23)38-16-19-11-14-21(15-19)35-17-30-24-25(31-20-12-13-20)32-28(29)33-26(24)35/h6-11,14,17-22H,4-5,12-13,15-16H2,1-3H3,(H,34,37)(H3,29,31,32,33)/t18-,19+,21-,41?/m0/s1. The van der Waals surface area contributed by atoms with Gasteiger partial charge < -0.3 is 24.9 Å². The molecule has 2 aromatic heterocycles. The number of carbonyl (C=O) groups is 1. The summed E-state index contributed by atoms with van der Waals surface area (Å²) in [7, 11) is -3.95. The number of esters is 1. The number of fused-ring (bicyclic) bond motifs is 1. The van der Waals surface area contributed by atoms with Gasteiger partial charge in [0.2, 0.25) is 5.95 Å². The molecule has 2 aliphatic carbocycles. The van der Waals surface area contributed by atoms with Crippen molar-refractivity contribution in [2.24, 2.45) is 5.92 Å². The first-order valence-corrected chi connectivity index (χ1v) is 15.7. The molecule has 4 N–H and O–H groups in total. The Hall–Kier alpha value is -3.47. The van der Waals surface area contributed by atoms with Crippen LogP contribution in [0.1, 0.15) is 58.9 Å². The zero-order valence-electron chi connectivity index (χ0n) is 23.6. The van der Waals surface area contributed by atoms with E-state index in [-0.39, 0.29) is 30.6 Å². The van der Waals surface area contributed by atoms with Crippen molar-refractivity contribution >= 4 is 36.6 Å². The summed E-state index contributed by atoms with van der Waals surface area (Å²) in [5, 5.41) is 6.15. The molecule has 4 atom stereocenters. The predicted molar refractivity (Wildman–Crippen MR) is 156 cm³/mol. The van der Waals surface area contributed by atoms with E-state index in [1.807, 2.05) is 36.6 Å². The number of imidazole rings is 1. The molecule has 1 unspecified atom stereocenters. The number of ether oxygens (including phenoxy) is 1. The van der Waals surface area contributed by atoms with E-state index in [0.717, 1.165) is 12.8 Å². The zero-order valence-corrected chi connectivity index (χ0v) is 24.5. The molecule has 13 heteroatoms. The number of hydrogen-bond acceptors (Lipinski definition) is 10. The van der Waals surface area contributed by atoms with Crippen LogP contribution in [0.4, 0.5) is 11.8 Å². The van der Waals surface area contributed by atoms with Crippen LogP contribution >= 0.6 is 7.75 Å². The molecule has 0 radical (unpaired) electrons. The van der Waals surface area contributed by atoms with Crippen molar-refractivity contribution < 1.29 is 23.1 Å². The van der Waals surface area contributed by atoms with Gasteiger partial charge in [0.05, 0.1) is 19.0 Å². The zero-order chi connectivity index (χ0) is 29.0. The van der Waals surface area contributed by atoms with Gasteiger partial charge in [-0.3, -0.25) is 9.32 Å². The van der Waals surface area contributed by atoms with Crippen molar-refractivity contribution in [3.05, 3.63) is 48.8 Å². The number of nitrogen functional groups attached to an aromatic ring is 1. The van der Waals surface area contributed by atoms with Crippen molar-refractivity contribution in [1.82, 2.24) is 24.6 Å². The van der Waals surface area contributed by atoms with E-state index in [0.29, 0.717) is 48.0 Å². The third kappa shape index (κ3) is 7.25. The molecule has 41 heavy (non-hydrogen) atoms. The first-order chi connectivity index (χ1) is 19.8. The number of benzene rings is 1. The van der Waals surface area contributed by atoms with Crippen molar-refractivity contribution in [2.75, 3.05) is 17.7 Å². The average Bonchev–Trinajstić information content (AvgIpc) is 3.47.